The van der Waals surface area contributed by atoms with E-state index in [-0.39, 0.29) is 36.4 Å². The molecule has 1 aromatic carbocycles. The van der Waals surface area contributed by atoms with Crippen LogP contribution in [-0.2, 0) is 11.3 Å². The summed E-state index contributed by atoms with van der Waals surface area (Å²) in [6.45, 7) is 0.199. The van der Waals surface area contributed by atoms with Crippen molar-refractivity contribution in [1.29, 1.82) is 0 Å². The van der Waals surface area contributed by atoms with Gasteiger partial charge < -0.3 is 20.3 Å². The average molecular weight is 394 g/mol. The van der Waals surface area contributed by atoms with Gasteiger partial charge in [-0.05, 0) is 17.7 Å². The number of carbonyl (C=O) groups excluding carboxylic acids is 3. The Kier molecular flexibility index (Phi) is 4.59. The summed E-state index contributed by atoms with van der Waals surface area (Å²) in [6, 6.07) is 8.31. The van der Waals surface area contributed by atoms with Crippen molar-refractivity contribution in [3.8, 4) is 5.75 Å². The zero-order chi connectivity index (χ0) is 20.5. The molecule has 1 aliphatic rings. The van der Waals surface area contributed by atoms with E-state index in [1.165, 1.54) is 21.7 Å². The largest absolute Gasteiger partial charge is 0.482 e. The third-order valence-electron chi connectivity index (χ3n) is 4.35. The highest BCUT2D eigenvalue weighted by Gasteiger charge is 2.19. The Hall–Kier alpha value is -3.95. The van der Waals surface area contributed by atoms with Crippen molar-refractivity contribution in [3.05, 3.63) is 53.5 Å². The molecule has 1 aliphatic heterocycles. The lowest BCUT2D eigenvalue weighted by Crippen LogP contribution is -2.28. The molecule has 0 bridgehead atoms. The predicted octanol–water partition coefficient (Wildman–Crippen LogP) is 0.692. The van der Waals surface area contributed by atoms with Gasteiger partial charge in [0.15, 0.2) is 12.3 Å². The number of carbonyl (C=O) groups is 3. The summed E-state index contributed by atoms with van der Waals surface area (Å²) in [7, 11) is 3.24. The summed E-state index contributed by atoms with van der Waals surface area (Å²) in [6.07, 6.45) is 1.51. The first-order chi connectivity index (χ1) is 13.9. The average Bonchev–Trinajstić information content (AvgIpc) is 3.19. The van der Waals surface area contributed by atoms with Crippen LogP contribution in [0.15, 0.2) is 36.5 Å². The van der Waals surface area contributed by atoms with Gasteiger partial charge in [-0.3, -0.25) is 14.4 Å². The molecule has 0 atom stereocenters. The monoisotopic (exact) mass is 394 g/mol. The maximum atomic E-state index is 12.6. The number of hydrogen-bond acceptors (Lipinski definition) is 6. The predicted molar refractivity (Wildman–Crippen MR) is 103 cm³/mol. The molecule has 0 saturated carbocycles. The number of rotatable bonds is 4. The van der Waals surface area contributed by atoms with Crippen LogP contribution in [0.25, 0.3) is 5.65 Å². The van der Waals surface area contributed by atoms with Gasteiger partial charge in [-0.15, -0.1) is 0 Å². The Morgan fingerprint density at radius 1 is 1.28 bits per heavy atom. The summed E-state index contributed by atoms with van der Waals surface area (Å²) in [5.41, 5.74) is 2.08. The number of hydrogen-bond donors (Lipinski definition) is 2. The van der Waals surface area contributed by atoms with Crippen molar-refractivity contribution in [2.45, 2.75) is 6.54 Å². The Morgan fingerprint density at radius 3 is 2.90 bits per heavy atom. The molecule has 3 heterocycles. The van der Waals surface area contributed by atoms with Crippen LogP contribution in [-0.4, -0.2) is 57.9 Å². The van der Waals surface area contributed by atoms with Gasteiger partial charge in [0, 0.05) is 32.8 Å². The summed E-state index contributed by atoms with van der Waals surface area (Å²) >= 11 is 0. The Morgan fingerprint density at radius 2 is 2.10 bits per heavy atom. The number of fused-ring (bicyclic) bond motifs is 2. The zero-order valence-corrected chi connectivity index (χ0v) is 15.8. The van der Waals surface area contributed by atoms with E-state index in [0.29, 0.717) is 17.1 Å². The molecule has 0 aliphatic carbocycles. The molecule has 2 N–H and O–H groups in total. The van der Waals surface area contributed by atoms with Crippen molar-refractivity contribution in [3.63, 3.8) is 0 Å². The quantitative estimate of drug-likeness (QED) is 0.672. The van der Waals surface area contributed by atoms with Gasteiger partial charge in [-0.1, -0.05) is 6.07 Å². The second-order valence-corrected chi connectivity index (χ2v) is 6.68. The van der Waals surface area contributed by atoms with Gasteiger partial charge in [-0.25, -0.2) is 9.50 Å². The Bertz CT molecular complexity index is 1140. The maximum Gasteiger partial charge on any atom is 0.272 e. The van der Waals surface area contributed by atoms with E-state index >= 15 is 0 Å². The first-order valence-electron chi connectivity index (χ1n) is 8.82. The van der Waals surface area contributed by atoms with Crippen molar-refractivity contribution >= 4 is 29.1 Å². The minimum Gasteiger partial charge on any atom is -0.482 e. The molecule has 29 heavy (non-hydrogen) atoms. The second kappa shape index (κ2) is 7.23. The van der Waals surface area contributed by atoms with Crippen LogP contribution < -0.4 is 15.4 Å². The fourth-order valence-corrected chi connectivity index (χ4v) is 2.92. The summed E-state index contributed by atoms with van der Waals surface area (Å²) in [5.74, 6) is -0.366. The highest BCUT2D eigenvalue weighted by Crippen LogP contribution is 2.28. The summed E-state index contributed by atoms with van der Waals surface area (Å²) in [5, 5.41) is 9.59. The smallest absolute Gasteiger partial charge is 0.272 e. The number of nitrogens with zero attached hydrogens (tertiary/aromatic N) is 4. The first kappa shape index (κ1) is 18.4. The number of anilines is 1. The number of nitrogens with one attached hydrogen (secondary N) is 2. The maximum absolute atomic E-state index is 12.6. The topological polar surface area (TPSA) is 118 Å². The zero-order valence-electron chi connectivity index (χ0n) is 15.8. The lowest BCUT2D eigenvalue weighted by Gasteiger charge is -2.18. The lowest BCUT2D eigenvalue weighted by atomic mass is 10.1. The molecule has 0 spiro atoms. The van der Waals surface area contributed by atoms with Gasteiger partial charge in [-0.2, -0.15) is 5.10 Å². The van der Waals surface area contributed by atoms with E-state index in [4.69, 9.17) is 4.74 Å². The van der Waals surface area contributed by atoms with E-state index in [1.807, 2.05) is 0 Å². The number of benzene rings is 1. The fourth-order valence-electron chi connectivity index (χ4n) is 2.92. The minimum absolute atomic E-state index is 0.0141. The van der Waals surface area contributed by atoms with E-state index < -0.39 is 5.91 Å². The molecule has 3 aromatic rings. The molecule has 0 fully saturated rings. The van der Waals surface area contributed by atoms with E-state index in [0.717, 1.165) is 5.56 Å². The fraction of sp³-hybridized carbons (Fsp3) is 0.211. The summed E-state index contributed by atoms with van der Waals surface area (Å²) in [4.78, 5) is 42.2. The van der Waals surface area contributed by atoms with Crippen LogP contribution in [0.3, 0.4) is 0 Å². The molecule has 0 saturated heterocycles. The third-order valence-corrected chi connectivity index (χ3v) is 4.35. The van der Waals surface area contributed by atoms with Crippen LogP contribution in [0.2, 0.25) is 0 Å². The highest BCUT2D eigenvalue weighted by molar-refractivity contribution is 5.98. The molecule has 4 rings (SSSR count). The van der Waals surface area contributed by atoms with Crippen molar-refractivity contribution < 1.29 is 19.1 Å². The number of aromatic nitrogens is 3. The van der Waals surface area contributed by atoms with E-state index in [2.05, 4.69) is 20.7 Å². The molecule has 10 nitrogen and oxygen atoms in total. The van der Waals surface area contributed by atoms with Gasteiger partial charge >= 0.3 is 0 Å². The van der Waals surface area contributed by atoms with Crippen LogP contribution in [0.4, 0.5) is 5.69 Å². The number of ether oxygens (including phenoxy) is 1. The lowest BCUT2D eigenvalue weighted by molar-refractivity contribution is -0.118. The Balaban J connectivity index is 1.55. The number of amides is 3. The Labute approximate surface area is 165 Å². The molecule has 3 amide bonds. The van der Waals surface area contributed by atoms with Gasteiger partial charge in [0.25, 0.3) is 17.7 Å². The van der Waals surface area contributed by atoms with E-state index in [1.54, 1.807) is 38.4 Å². The van der Waals surface area contributed by atoms with Crippen LogP contribution in [0.1, 0.15) is 26.5 Å². The minimum atomic E-state index is -0.431. The molecular weight excluding hydrogens is 376 g/mol. The molecule has 0 radical (unpaired) electrons. The first-order valence-corrected chi connectivity index (χ1v) is 8.82. The van der Waals surface area contributed by atoms with E-state index in [9.17, 15) is 14.4 Å². The van der Waals surface area contributed by atoms with Crippen molar-refractivity contribution in [1.82, 2.24) is 24.8 Å². The summed E-state index contributed by atoms with van der Waals surface area (Å²) < 4.78 is 6.71. The van der Waals surface area contributed by atoms with Crippen LogP contribution >= 0.6 is 0 Å². The molecule has 148 valence electrons. The van der Waals surface area contributed by atoms with Gasteiger partial charge in [0.1, 0.15) is 17.1 Å². The van der Waals surface area contributed by atoms with Crippen LogP contribution in [0.5, 0.6) is 5.75 Å². The standard InChI is InChI=1S/C19H18N6O4/c1-24(2)19(28)14-8-13(22-16-5-6-21-25(14)16)18(27)20-9-11-3-4-15-12(7-11)23-17(26)10-29-15/h3-8H,9-10H2,1-2H3,(H,20,27)(H,23,26). The van der Waals surface area contributed by atoms with Gasteiger partial charge in [0.05, 0.1) is 11.9 Å². The SMILES string of the molecule is CN(C)C(=O)c1cc(C(=O)NCc2ccc3c(c2)NC(=O)CO3)nc2ccnn12. The highest BCUT2D eigenvalue weighted by atomic mass is 16.5. The molecule has 2 aromatic heterocycles. The van der Waals surface area contributed by atoms with Crippen LogP contribution in [0, 0.1) is 0 Å². The molecule has 0 unspecified atom stereocenters. The molecule has 10 heteroatoms. The molecular formula is C19H18N6O4. The third kappa shape index (κ3) is 3.59. The van der Waals surface area contributed by atoms with Crippen molar-refractivity contribution in [2.75, 3.05) is 26.0 Å². The normalized spacial score (nSPS) is 12.7. The van der Waals surface area contributed by atoms with Gasteiger partial charge in [0.2, 0.25) is 0 Å². The van der Waals surface area contributed by atoms with Crippen molar-refractivity contribution in [2.24, 2.45) is 0 Å². The second-order valence-electron chi connectivity index (χ2n) is 6.68.